The van der Waals surface area contributed by atoms with Crippen LogP contribution in [0.25, 0.3) is 0 Å². The van der Waals surface area contributed by atoms with Crippen LogP contribution in [0.2, 0.25) is 0 Å². The quantitative estimate of drug-likeness (QED) is 0.493. The highest BCUT2D eigenvalue weighted by Crippen LogP contribution is 2.25. The molecule has 0 bridgehead atoms. The summed E-state index contributed by atoms with van der Waals surface area (Å²) in [6.45, 7) is 5.90. The molecule has 0 spiro atoms. The Bertz CT molecular complexity index is 1000. The van der Waals surface area contributed by atoms with Crippen molar-refractivity contribution in [2.45, 2.75) is 39.7 Å². The average molecular weight is 405 g/mol. The highest BCUT2D eigenvalue weighted by Gasteiger charge is 2.13. The first-order valence-electron chi connectivity index (χ1n) is 10.2. The molecule has 3 rings (SSSR count). The van der Waals surface area contributed by atoms with Crippen LogP contribution in [-0.2, 0) is 11.2 Å². The number of hydrogen-bond acceptors (Lipinski definition) is 4. The van der Waals surface area contributed by atoms with Gasteiger partial charge in [-0.1, -0.05) is 25.5 Å². The second-order valence-corrected chi connectivity index (χ2v) is 7.22. The van der Waals surface area contributed by atoms with Gasteiger partial charge in [0.05, 0.1) is 23.1 Å². The van der Waals surface area contributed by atoms with Crippen LogP contribution < -0.4 is 10.1 Å². The summed E-state index contributed by atoms with van der Waals surface area (Å²) >= 11 is 0. The fraction of sp³-hybridized carbons (Fsp3) is 0.280. The minimum Gasteiger partial charge on any atom is -0.457 e. The lowest BCUT2D eigenvalue weighted by atomic mass is 10.1. The van der Waals surface area contributed by atoms with E-state index in [1.165, 1.54) is 5.56 Å². The number of benzene rings is 2. The number of methoxy groups -OCH3 is 1. The van der Waals surface area contributed by atoms with E-state index in [9.17, 15) is 4.79 Å². The molecule has 1 N–H and O–H groups in total. The van der Waals surface area contributed by atoms with Crippen LogP contribution in [0.5, 0.6) is 11.5 Å². The molecular formula is C25H28N2O3. The summed E-state index contributed by atoms with van der Waals surface area (Å²) in [6.07, 6.45) is 2.01. The third-order valence-corrected chi connectivity index (χ3v) is 4.91. The molecule has 0 aliphatic rings. The second kappa shape index (κ2) is 10.0. The van der Waals surface area contributed by atoms with Crippen molar-refractivity contribution in [2.24, 2.45) is 0 Å². The molecule has 1 amide bonds. The van der Waals surface area contributed by atoms with Crippen molar-refractivity contribution in [3.05, 3.63) is 83.2 Å². The lowest BCUT2D eigenvalue weighted by Crippen LogP contribution is -2.15. The summed E-state index contributed by atoms with van der Waals surface area (Å²) in [5.74, 6) is 1.33. The highest BCUT2D eigenvalue weighted by molar-refractivity contribution is 6.05. The largest absolute Gasteiger partial charge is 0.457 e. The second-order valence-electron chi connectivity index (χ2n) is 7.22. The number of ether oxygens (including phenoxy) is 2. The Balaban J connectivity index is 1.65. The predicted octanol–water partition coefficient (Wildman–Crippen LogP) is 6.09. The Hall–Kier alpha value is -3.18. The Labute approximate surface area is 178 Å². The topological polar surface area (TPSA) is 60.5 Å². The number of anilines is 1. The summed E-state index contributed by atoms with van der Waals surface area (Å²) in [4.78, 5) is 17.1. The predicted molar refractivity (Wildman–Crippen MR) is 119 cm³/mol. The fourth-order valence-corrected chi connectivity index (χ4v) is 3.16. The van der Waals surface area contributed by atoms with Gasteiger partial charge in [0, 0.05) is 12.8 Å². The van der Waals surface area contributed by atoms with Crippen molar-refractivity contribution < 1.29 is 14.3 Å². The number of hydrogen-bond donors (Lipinski definition) is 1. The molecule has 0 aliphatic heterocycles. The fourth-order valence-electron chi connectivity index (χ4n) is 3.16. The monoisotopic (exact) mass is 404 g/mol. The maximum Gasteiger partial charge on any atom is 0.257 e. The lowest BCUT2D eigenvalue weighted by Gasteiger charge is -2.12. The molecule has 30 heavy (non-hydrogen) atoms. The van der Waals surface area contributed by atoms with Crippen LogP contribution in [0.15, 0.2) is 60.7 Å². The van der Waals surface area contributed by atoms with E-state index in [0.717, 1.165) is 30.0 Å². The van der Waals surface area contributed by atoms with E-state index in [2.05, 4.69) is 29.4 Å². The van der Waals surface area contributed by atoms with Gasteiger partial charge in [0.2, 0.25) is 0 Å². The van der Waals surface area contributed by atoms with E-state index in [1.807, 2.05) is 56.3 Å². The van der Waals surface area contributed by atoms with Crippen molar-refractivity contribution >= 4 is 11.6 Å². The van der Waals surface area contributed by atoms with Gasteiger partial charge in [0.1, 0.15) is 11.5 Å². The maximum absolute atomic E-state index is 12.6. The van der Waals surface area contributed by atoms with Crippen molar-refractivity contribution in [1.29, 1.82) is 0 Å². The minimum absolute atomic E-state index is 0.115. The number of amides is 1. The van der Waals surface area contributed by atoms with E-state index in [1.54, 1.807) is 13.2 Å². The molecule has 0 aliphatic carbocycles. The molecule has 0 fully saturated rings. The third-order valence-electron chi connectivity index (χ3n) is 4.91. The zero-order valence-electron chi connectivity index (χ0n) is 17.9. The van der Waals surface area contributed by atoms with Gasteiger partial charge in [-0.15, -0.1) is 0 Å². The maximum atomic E-state index is 12.6. The van der Waals surface area contributed by atoms with Crippen LogP contribution in [-0.4, -0.2) is 18.0 Å². The van der Waals surface area contributed by atoms with Crippen molar-refractivity contribution in [3.8, 4) is 11.5 Å². The molecule has 1 unspecified atom stereocenters. The molecule has 0 saturated heterocycles. The number of carbonyl (C=O) groups is 1. The first-order chi connectivity index (χ1) is 14.5. The van der Waals surface area contributed by atoms with Crippen molar-refractivity contribution in [1.82, 2.24) is 4.98 Å². The van der Waals surface area contributed by atoms with E-state index >= 15 is 0 Å². The van der Waals surface area contributed by atoms with E-state index in [-0.39, 0.29) is 12.0 Å². The number of rotatable bonds is 8. The van der Waals surface area contributed by atoms with Crippen LogP contribution in [0.4, 0.5) is 5.69 Å². The molecule has 0 radical (unpaired) electrons. The SMILES string of the molecule is CCCc1cccc(Oc2ccc(NC(=O)c3ccc(C(C)OC)nc3C)cc2)c1. The molecule has 1 aromatic heterocycles. The van der Waals surface area contributed by atoms with Crippen LogP contribution in [0.3, 0.4) is 0 Å². The molecule has 1 heterocycles. The van der Waals surface area contributed by atoms with Crippen LogP contribution in [0, 0.1) is 6.92 Å². The Morgan fingerprint density at radius 2 is 1.83 bits per heavy atom. The van der Waals surface area contributed by atoms with Gasteiger partial charge in [-0.05, 0) is 74.4 Å². The molecule has 1 atom stereocenters. The van der Waals surface area contributed by atoms with Crippen LogP contribution in [0.1, 0.15) is 53.7 Å². The van der Waals surface area contributed by atoms with Crippen LogP contribution >= 0.6 is 0 Å². The van der Waals surface area contributed by atoms with E-state index in [4.69, 9.17) is 9.47 Å². The molecular weight excluding hydrogens is 376 g/mol. The summed E-state index contributed by atoms with van der Waals surface area (Å²) in [6, 6.07) is 19.1. The van der Waals surface area contributed by atoms with Crippen molar-refractivity contribution in [2.75, 3.05) is 12.4 Å². The average Bonchev–Trinajstić information content (AvgIpc) is 2.75. The standard InChI is InChI=1S/C25H28N2O3/c1-5-7-19-8-6-9-22(16-19)30-21-12-10-20(11-13-21)27-25(28)23-14-15-24(18(3)29-4)26-17(23)2/h6,8-16,18H,5,7H2,1-4H3,(H,27,28). The number of nitrogens with one attached hydrogen (secondary N) is 1. The Morgan fingerprint density at radius 1 is 1.07 bits per heavy atom. The molecule has 0 saturated carbocycles. The summed E-state index contributed by atoms with van der Waals surface area (Å²) in [5.41, 5.74) is 3.96. The number of aryl methyl sites for hydroxylation is 2. The first kappa shape index (κ1) is 21.5. The number of aromatic nitrogens is 1. The summed E-state index contributed by atoms with van der Waals surface area (Å²) < 4.78 is 11.2. The van der Waals surface area contributed by atoms with Gasteiger partial charge in [0.25, 0.3) is 5.91 Å². The van der Waals surface area contributed by atoms with E-state index in [0.29, 0.717) is 16.9 Å². The Morgan fingerprint density at radius 3 is 2.50 bits per heavy atom. The minimum atomic E-state index is -0.197. The normalized spacial score (nSPS) is 11.7. The zero-order valence-corrected chi connectivity index (χ0v) is 17.9. The molecule has 2 aromatic carbocycles. The van der Waals surface area contributed by atoms with Gasteiger partial charge in [-0.25, -0.2) is 0 Å². The number of carbonyl (C=O) groups excluding carboxylic acids is 1. The zero-order chi connectivity index (χ0) is 21.5. The smallest absolute Gasteiger partial charge is 0.257 e. The van der Waals surface area contributed by atoms with Gasteiger partial charge in [-0.2, -0.15) is 0 Å². The lowest BCUT2D eigenvalue weighted by molar-refractivity contribution is 0.102. The molecule has 156 valence electrons. The summed E-state index contributed by atoms with van der Waals surface area (Å²) in [7, 11) is 1.64. The van der Waals surface area contributed by atoms with Crippen molar-refractivity contribution in [3.63, 3.8) is 0 Å². The van der Waals surface area contributed by atoms with Gasteiger partial charge >= 0.3 is 0 Å². The third kappa shape index (κ3) is 5.45. The Kier molecular flexibility index (Phi) is 7.20. The van der Waals surface area contributed by atoms with Gasteiger partial charge in [-0.3, -0.25) is 9.78 Å². The summed E-state index contributed by atoms with van der Waals surface area (Å²) in [5, 5.41) is 2.91. The molecule has 5 nitrogen and oxygen atoms in total. The molecule has 3 aromatic rings. The molecule has 5 heteroatoms. The number of pyridine rings is 1. The number of nitrogens with zero attached hydrogens (tertiary/aromatic N) is 1. The van der Waals surface area contributed by atoms with Gasteiger partial charge < -0.3 is 14.8 Å². The van der Waals surface area contributed by atoms with E-state index < -0.39 is 0 Å². The highest BCUT2D eigenvalue weighted by atomic mass is 16.5. The van der Waals surface area contributed by atoms with Gasteiger partial charge in [0.15, 0.2) is 0 Å². The first-order valence-corrected chi connectivity index (χ1v) is 10.2.